The van der Waals surface area contributed by atoms with Crippen LogP contribution in [0.3, 0.4) is 0 Å². The summed E-state index contributed by atoms with van der Waals surface area (Å²) in [5.41, 5.74) is 2.78. The zero-order chi connectivity index (χ0) is 19.6. The Morgan fingerprint density at radius 2 is 1.59 bits per heavy atom. The molecule has 1 aliphatic rings. The number of carbonyl (C=O) groups excluding carboxylic acids is 2. The largest absolute Gasteiger partial charge is 0.454 e. The fourth-order valence-electron chi connectivity index (χ4n) is 2.93. The lowest BCUT2D eigenvalue weighted by atomic mass is 10.0. The molecule has 3 rings (SSSR count). The number of ketones is 1. The highest BCUT2D eigenvalue weighted by Crippen LogP contribution is 2.23. The minimum atomic E-state index is -4.73. The van der Waals surface area contributed by atoms with Crippen molar-refractivity contribution in [1.82, 2.24) is 0 Å². The van der Waals surface area contributed by atoms with Gasteiger partial charge in [0.05, 0.1) is 10.5 Å². The summed E-state index contributed by atoms with van der Waals surface area (Å²) in [5.74, 6) is -4.74. The van der Waals surface area contributed by atoms with Crippen molar-refractivity contribution >= 4 is 21.6 Å². The number of hydrogen-bond acceptors (Lipinski definition) is 5. The molecule has 0 saturated carbocycles. The van der Waals surface area contributed by atoms with Crippen molar-refractivity contribution in [2.24, 2.45) is 0 Å². The van der Waals surface area contributed by atoms with Crippen LogP contribution in [-0.4, -0.2) is 32.5 Å². The van der Waals surface area contributed by atoms with Gasteiger partial charge in [0.25, 0.3) is 0 Å². The number of alkyl halides is 2. The predicted molar refractivity (Wildman–Crippen MR) is 92.7 cm³/mol. The van der Waals surface area contributed by atoms with Crippen LogP contribution in [0.4, 0.5) is 8.78 Å². The van der Waals surface area contributed by atoms with Gasteiger partial charge in [0.2, 0.25) is 9.84 Å². The molecule has 0 N–H and O–H groups in total. The molecule has 5 nitrogen and oxygen atoms in total. The third kappa shape index (κ3) is 4.05. The second kappa shape index (κ2) is 7.56. The molecule has 1 aliphatic carbocycles. The molecule has 0 unspecified atom stereocenters. The quantitative estimate of drug-likeness (QED) is 0.555. The molecule has 27 heavy (non-hydrogen) atoms. The summed E-state index contributed by atoms with van der Waals surface area (Å²) in [6, 6.07) is 9.35. The second-order valence-electron chi connectivity index (χ2n) is 6.17. The summed E-state index contributed by atoms with van der Waals surface area (Å²) < 4.78 is 52.6. The molecule has 0 fully saturated rings. The van der Waals surface area contributed by atoms with E-state index in [-0.39, 0.29) is 11.3 Å². The predicted octanol–water partition coefficient (Wildman–Crippen LogP) is 3.21. The lowest BCUT2D eigenvalue weighted by molar-refractivity contribution is 0.0474. The molecule has 0 heterocycles. The number of aryl methyl sites for hydroxylation is 2. The summed E-state index contributed by atoms with van der Waals surface area (Å²) in [5, 5.41) is 0. The Morgan fingerprint density at radius 1 is 0.963 bits per heavy atom. The molecule has 0 atom stereocenters. The highest BCUT2D eigenvalue weighted by molar-refractivity contribution is 7.91. The number of halogens is 2. The lowest BCUT2D eigenvalue weighted by Gasteiger charge is -2.07. The molecular weight excluding hydrogens is 378 g/mol. The number of benzene rings is 2. The van der Waals surface area contributed by atoms with Crippen LogP contribution in [0.2, 0.25) is 0 Å². The fraction of sp³-hybridized carbons (Fsp3) is 0.263. The van der Waals surface area contributed by atoms with Gasteiger partial charge in [-0.15, -0.1) is 0 Å². The number of esters is 1. The SMILES string of the molecule is O=C(COC(=O)c1ccc(S(=O)(=O)C(F)F)cc1)c1ccc2c(c1)CCC2. The molecule has 142 valence electrons. The number of rotatable bonds is 6. The summed E-state index contributed by atoms with van der Waals surface area (Å²) in [7, 11) is -4.73. The first kappa shape index (κ1) is 19.2. The zero-order valence-electron chi connectivity index (χ0n) is 14.2. The summed E-state index contributed by atoms with van der Waals surface area (Å²) in [4.78, 5) is 23.6. The molecule has 0 amide bonds. The van der Waals surface area contributed by atoms with Crippen molar-refractivity contribution in [3.63, 3.8) is 0 Å². The van der Waals surface area contributed by atoms with Gasteiger partial charge >= 0.3 is 11.7 Å². The van der Waals surface area contributed by atoms with Crippen molar-refractivity contribution in [1.29, 1.82) is 0 Å². The van der Waals surface area contributed by atoms with Crippen molar-refractivity contribution in [3.05, 3.63) is 64.7 Å². The monoisotopic (exact) mass is 394 g/mol. The van der Waals surface area contributed by atoms with Crippen LogP contribution in [0.25, 0.3) is 0 Å². The van der Waals surface area contributed by atoms with Crippen molar-refractivity contribution in [2.75, 3.05) is 6.61 Å². The molecule has 0 saturated heterocycles. The molecule has 0 aromatic heterocycles. The maximum Gasteiger partial charge on any atom is 0.341 e. The molecule has 2 aromatic carbocycles. The van der Waals surface area contributed by atoms with E-state index in [2.05, 4.69) is 0 Å². The van der Waals surface area contributed by atoms with E-state index in [1.165, 1.54) is 5.56 Å². The van der Waals surface area contributed by atoms with E-state index >= 15 is 0 Å². The van der Waals surface area contributed by atoms with Gasteiger partial charge in [0, 0.05) is 5.56 Å². The number of carbonyl (C=O) groups is 2. The third-order valence-corrected chi connectivity index (χ3v) is 5.81. The van der Waals surface area contributed by atoms with E-state index in [9.17, 15) is 26.8 Å². The van der Waals surface area contributed by atoms with Crippen molar-refractivity contribution < 1.29 is 31.5 Å². The van der Waals surface area contributed by atoms with E-state index < -0.39 is 33.1 Å². The third-order valence-electron chi connectivity index (χ3n) is 4.41. The highest BCUT2D eigenvalue weighted by atomic mass is 32.2. The topological polar surface area (TPSA) is 77.5 Å². The van der Waals surface area contributed by atoms with Gasteiger partial charge in [0.1, 0.15) is 0 Å². The van der Waals surface area contributed by atoms with Gasteiger partial charge in [0.15, 0.2) is 12.4 Å². The Labute approximate surface area is 154 Å². The molecule has 0 aliphatic heterocycles. The Hall–Kier alpha value is -2.61. The first-order valence-electron chi connectivity index (χ1n) is 8.23. The summed E-state index contributed by atoms with van der Waals surface area (Å²) >= 11 is 0. The maximum absolute atomic E-state index is 12.5. The molecule has 0 bridgehead atoms. The van der Waals surface area contributed by atoms with Crippen LogP contribution in [0.15, 0.2) is 47.4 Å². The van der Waals surface area contributed by atoms with Gasteiger partial charge in [-0.05, 0) is 60.7 Å². The van der Waals surface area contributed by atoms with Crippen molar-refractivity contribution in [3.8, 4) is 0 Å². The van der Waals surface area contributed by atoms with Gasteiger partial charge in [-0.25, -0.2) is 13.2 Å². The molecular formula is C19H16F2O5S. The smallest absolute Gasteiger partial charge is 0.341 e. The maximum atomic E-state index is 12.5. The standard InChI is InChI=1S/C19H16F2O5S/c20-19(21)27(24,25)16-8-6-13(7-9-16)18(23)26-11-17(22)15-5-4-12-2-1-3-14(12)10-15/h4-10,19H,1-3,11H2. The number of hydrogen-bond donors (Lipinski definition) is 0. The van der Waals surface area contributed by atoms with E-state index in [0.717, 1.165) is 49.1 Å². The number of Topliss-reactive ketones (excluding diaryl/α,β-unsaturated/α-hetero) is 1. The van der Waals surface area contributed by atoms with E-state index in [0.29, 0.717) is 5.56 Å². The number of ether oxygens (including phenoxy) is 1. The van der Waals surface area contributed by atoms with E-state index in [1.807, 2.05) is 12.1 Å². The minimum Gasteiger partial charge on any atom is -0.454 e. The highest BCUT2D eigenvalue weighted by Gasteiger charge is 2.26. The number of sulfone groups is 1. The Kier molecular flexibility index (Phi) is 5.36. The molecule has 0 radical (unpaired) electrons. The van der Waals surface area contributed by atoms with Gasteiger partial charge < -0.3 is 4.74 Å². The molecule has 2 aromatic rings. The van der Waals surface area contributed by atoms with E-state index in [4.69, 9.17) is 4.74 Å². The Balaban J connectivity index is 1.63. The second-order valence-corrected chi connectivity index (χ2v) is 8.08. The van der Waals surface area contributed by atoms with E-state index in [1.54, 1.807) is 6.07 Å². The average molecular weight is 394 g/mol. The number of fused-ring (bicyclic) bond motifs is 1. The zero-order valence-corrected chi connectivity index (χ0v) is 15.0. The lowest BCUT2D eigenvalue weighted by Crippen LogP contribution is -2.15. The average Bonchev–Trinajstić information content (AvgIpc) is 3.13. The van der Waals surface area contributed by atoms with Gasteiger partial charge in [-0.2, -0.15) is 8.78 Å². The summed E-state index contributed by atoms with van der Waals surface area (Å²) in [6.45, 7) is -0.464. The van der Waals surface area contributed by atoms with Crippen LogP contribution in [0.1, 0.15) is 38.3 Å². The Morgan fingerprint density at radius 3 is 2.26 bits per heavy atom. The van der Waals surface area contributed by atoms with Crippen molar-refractivity contribution in [2.45, 2.75) is 29.9 Å². The van der Waals surface area contributed by atoms with Crippen LogP contribution >= 0.6 is 0 Å². The van der Waals surface area contributed by atoms with Gasteiger partial charge in [-0.3, -0.25) is 4.79 Å². The van der Waals surface area contributed by atoms with Gasteiger partial charge in [-0.1, -0.05) is 12.1 Å². The van der Waals surface area contributed by atoms with Crippen LogP contribution < -0.4 is 0 Å². The first-order chi connectivity index (χ1) is 12.8. The normalized spacial score (nSPS) is 13.4. The summed E-state index contributed by atoms with van der Waals surface area (Å²) in [6.07, 6.45) is 2.97. The Bertz CT molecular complexity index is 982. The van der Waals surface area contributed by atoms with Crippen LogP contribution in [-0.2, 0) is 27.4 Å². The minimum absolute atomic E-state index is 0.0371. The molecule has 8 heteroatoms. The van der Waals surface area contributed by atoms with Crippen LogP contribution in [0.5, 0.6) is 0 Å². The first-order valence-corrected chi connectivity index (χ1v) is 9.78. The fourth-order valence-corrected chi connectivity index (χ4v) is 3.65. The van der Waals surface area contributed by atoms with Crippen LogP contribution in [0, 0.1) is 0 Å². The molecule has 0 spiro atoms.